The Balaban J connectivity index is 1.32. The number of morpholine rings is 1. The third-order valence-corrected chi connectivity index (χ3v) is 6.03. The maximum absolute atomic E-state index is 12.8. The molecular weight excluding hydrogens is 344 g/mol. The van der Waals surface area contributed by atoms with Crippen molar-refractivity contribution in [1.29, 1.82) is 0 Å². The van der Waals surface area contributed by atoms with E-state index < -0.39 is 0 Å². The maximum Gasteiger partial charge on any atom is 0.255 e. The van der Waals surface area contributed by atoms with E-state index in [2.05, 4.69) is 14.8 Å². The highest BCUT2D eigenvalue weighted by Crippen LogP contribution is 2.21. The smallest absolute Gasteiger partial charge is 0.255 e. The minimum Gasteiger partial charge on any atom is -0.391 e. The quantitative estimate of drug-likeness (QED) is 0.851. The summed E-state index contributed by atoms with van der Waals surface area (Å²) in [5, 5.41) is 9.83. The van der Waals surface area contributed by atoms with Crippen molar-refractivity contribution in [2.24, 2.45) is 0 Å². The second-order valence-corrected chi connectivity index (χ2v) is 7.82. The molecule has 1 amide bonds. The monoisotopic (exact) mass is 374 g/mol. The summed E-state index contributed by atoms with van der Waals surface area (Å²) in [6.07, 6.45) is 5.29. The number of rotatable bonds is 3. The van der Waals surface area contributed by atoms with Gasteiger partial charge in [0.15, 0.2) is 0 Å². The number of anilines is 1. The van der Waals surface area contributed by atoms with E-state index in [1.807, 2.05) is 17.0 Å². The van der Waals surface area contributed by atoms with Crippen molar-refractivity contribution < 1.29 is 14.6 Å². The summed E-state index contributed by atoms with van der Waals surface area (Å²) in [7, 11) is 0. The summed E-state index contributed by atoms with van der Waals surface area (Å²) in [5.41, 5.74) is 0.654. The third-order valence-electron chi connectivity index (χ3n) is 6.03. The van der Waals surface area contributed by atoms with Crippen molar-refractivity contribution in [3.8, 4) is 0 Å². The minimum atomic E-state index is -0.283. The number of carbonyl (C=O) groups is 1. The van der Waals surface area contributed by atoms with Gasteiger partial charge < -0.3 is 19.6 Å². The van der Waals surface area contributed by atoms with Gasteiger partial charge in [0.1, 0.15) is 5.82 Å². The van der Waals surface area contributed by atoms with Crippen LogP contribution in [0.5, 0.6) is 0 Å². The first-order valence-electron chi connectivity index (χ1n) is 10.2. The lowest BCUT2D eigenvalue weighted by Crippen LogP contribution is -2.50. The Bertz CT molecular complexity index is 625. The summed E-state index contributed by atoms with van der Waals surface area (Å²) >= 11 is 0. The Kier molecular flexibility index (Phi) is 5.90. The number of carbonyl (C=O) groups excluding carboxylic acids is 1. The van der Waals surface area contributed by atoms with E-state index in [4.69, 9.17) is 4.74 Å². The van der Waals surface area contributed by atoms with Crippen molar-refractivity contribution in [3.63, 3.8) is 0 Å². The van der Waals surface area contributed by atoms with Gasteiger partial charge >= 0.3 is 0 Å². The maximum atomic E-state index is 12.8. The number of pyridine rings is 1. The summed E-state index contributed by atoms with van der Waals surface area (Å²) in [6.45, 7) is 6.81. The molecule has 0 saturated carbocycles. The summed E-state index contributed by atoms with van der Waals surface area (Å²) in [6, 6.07) is 4.36. The van der Waals surface area contributed by atoms with Gasteiger partial charge in [0.05, 0.1) is 24.9 Å². The fourth-order valence-electron chi connectivity index (χ4n) is 4.42. The molecular formula is C20H30N4O3. The SMILES string of the molecule is O=C(c1ccc(N2CCC[C@H](O)C2)nc1)N1CCC(N2CCOCC2)CC1. The van der Waals surface area contributed by atoms with Crippen LogP contribution in [0.4, 0.5) is 5.82 Å². The Morgan fingerprint density at radius 1 is 1.07 bits per heavy atom. The van der Waals surface area contributed by atoms with Crippen LogP contribution in [-0.2, 0) is 4.74 Å². The standard InChI is InChI=1S/C20H30N4O3/c25-18-2-1-7-24(15-18)19-4-3-16(14-21-19)20(26)23-8-5-17(6-9-23)22-10-12-27-13-11-22/h3-4,14,17-18,25H,1-2,5-13,15H2/t18-/m0/s1. The normalized spacial score (nSPS) is 25.6. The number of piperidine rings is 2. The second kappa shape index (κ2) is 8.54. The first-order chi connectivity index (χ1) is 13.2. The van der Waals surface area contributed by atoms with Crippen LogP contribution in [0.3, 0.4) is 0 Å². The van der Waals surface area contributed by atoms with Crippen molar-refractivity contribution in [2.45, 2.75) is 37.8 Å². The molecule has 1 atom stereocenters. The topological polar surface area (TPSA) is 69.1 Å². The molecule has 7 heteroatoms. The molecule has 0 bridgehead atoms. The van der Waals surface area contributed by atoms with Crippen LogP contribution in [-0.4, -0.2) is 90.4 Å². The minimum absolute atomic E-state index is 0.0770. The lowest BCUT2D eigenvalue weighted by molar-refractivity contribution is 0.00158. The number of amides is 1. The zero-order valence-electron chi connectivity index (χ0n) is 15.9. The van der Waals surface area contributed by atoms with Crippen molar-refractivity contribution in [3.05, 3.63) is 23.9 Å². The van der Waals surface area contributed by atoms with Crippen molar-refractivity contribution >= 4 is 11.7 Å². The largest absolute Gasteiger partial charge is 0.391 e. The number of aromatic nitrogens is 1. The molecule has 3 fully saturated rings. The molecule has 148 valence electrons. The molecule has 0 aliphatic carbocycles. The summed E-state index contributed by atoms with van der Waals surface area (Å²) < 4.78 is 5.44. The van der Waals surface area contributed by atoms with E-state index in [9.17, 15) is 9.90 Å². The predicted octanol–water partition coefficient (Wildman–Crippen LogP) is 0.979. The Hall–Kier alpha value is -1.70. The molecule has 3 aliphatic rings. The fourth-order valence-corrected chi connectivity index (χ4v) is 4.42. The zero-order chi connectivity index (χ0) is 18.6. The van der Waals surface area contributed by atoms with Gasteiger partial charge in [0, 0.05) is 51.5 Å². The van der Waals surface area contributed by atoms with E-state index in [-0.39, 0.29) is 12.0 Å². The van der Waals surface area contributed by atoms with Gasteiger partial charge in [0.25, 0.3) is 5.91 Å². The van der Waals surface area contributed by atoms with Crippen LogP contribution in [0.15, 0.2) is 18.3 Å². The van der Waals surface area contributed by atoms with Gasteiger partial charge in [-0.05, 0) is 37.8 Å². The van der Waals surface area contributed by atoms with Crippen LogP contribution in [0.2, 0.25) is 0 Å². The summed E-state index contributed by atoms with van der Waals surface area (Å²) in [4.78, 5) is 23.9. The molecule has 1 aromatic heterocycles. The third kappa shape index (κ3) is 4.42. The Morgan fingerprint density at radius 2 is 1.85 bits per heavy atom. The Labute approximate surface area is 160 Å². The Morgan fingerprint density at radius 3 is 2.52 bits per heavy atom. The van der Waals surface area contributed by atoms with E-state index in [0.29, 0.717) is 18.2 Å². The molecule has 3 aliphatic heterocycles. The van der Waals surface area contributed by atoms with E-state index in [0.717, 1.165) is 77.4 Å². The molecule has 4 rings (SSSR count). The molecule has 0 radical (unpaired) electrons. The first kappa shape index (κ1) is 18.7. The van der Waals surface area contributed by atoms with Gasteiger partial charge in [-0.1, -0.05) is 0 Å². The number of β-amino-alcohol motifs (C(OH)–C–C–N with tert-alkyl or cyclic N) is 1. The van der Waals surface area contributed by atoms with E-state index in [1.165, 1.54) is 0 Å². The molecule has 1 aromatic rings. The van der Waals surface area contributed by atoms with E-state index in [1.54, 1.807) is 6.20 Å². The van der Waals surface area contributed by atoms with Gasteiger partial charge in [-0.15, -0.1) is 0 Å². The van der Waals surface area contributed by atoms with Crippen molar-refractivity contribution in [1.82, 2.24) is 14.8 Å². The fraction of sp³-hybridized carbons (Fsp3) is 0.700. The highest BCUT2D eigenvalue weighted by atomic mass is 16.5. The second-order valence-electron chi connectivity index (χ2n) is 7.82. The molecule has 7 nitrogen and oxygen atoms in total. The highest BCUT2D eigenvalue weighted by molar-refractivity contribution is 5.94. The van der Waals surface area contributed by atoms with Crippen LogP contribution in [0.1, 0.15) is 36.0 Å². The van der Waals surface area contributed by atoms with Gasteiger partial charge in [0.2, 0.25) is 0 Å². The number of likely N-dealkylation sites (tertiary alicyclic amines) is 1. The van der Waals surface area contributed by atoms with Gasteiger partial charge in [-0.3, -0.25) is 9.69 Å². The molecule has 0 unspecified atom stereocenters. The first-order valence-corrected chi connectivity index (χ1v) is 10.2. The van der Waals surface area contributed by atoms with Crippen LogP contribution >= 0.6 is 0 Å². The summed E-state index contributed by atoms with van der Waals surface area (Å²) in [5.74, 6) is 0.921. The number of hydrogen-bond acceptors (Lipinski definition) is 6. The van der Waals surface area contributed by atoms with Gasteiger partial charge in [-0.2, -0.15) is 0 Å². The number of aliphatic hydroxyl groups is 1. The van der Waals surface area contributed by atoms with E-state index >= 15 is 0 Å². The highest BCUT2D eigenvalue weighted by Gasteiger charge is 2.28. The van der Waals surface area contributed by atoms with Crippen LogP contribution in [0.25, 0.3) is 0 Å². The number of nitrogens with zero attached hydrogens (tertiary/aromatic N) is 4. The van der Waals surface area contributed by atoms with Crippen molar-refractivity contribution in [2.75, 3.05) is 57.4 Å². The van der Waals surface area contributed by atoms with Crippen LogP contribution in [0, 0.1) is 0 Å². The predicted molar refractivity (Wildman–Crippen MR) is 103 cm³/mol. The molecule has 27 heavy (non-hydrogen) atoms. The average molecular weight is 374 g/mol. The van der Waals surface area contributed by atoms with Gasteiger partial charge in [-0.25, -0.2) is 4.98 Å². The molecule has 1 N–H and O–H groups in total. The molecule has 4 heterocycles. The van der Waals surface area contributed by atoms with Crippen LogP contribution < -0.4 is 4.90 Å². The lowest BCUT2D eigenvalue weighted by Gasteiger charge is -2.40. The lowest BCUT2D eigenvalue weighted by atomic mass is 10.0. The molecule has 0 aromatic carbocycles. The number of hydrogen-bond donors (Lipinski definition) is 1. The zero-order valence-corrected chi connectivity index (χ0v) is 15.9. The molecule has 3 saturated heterocycles. The number of aliphatic hydroxyl groups excluding tert-OH is 1. The molecule has 0 spiro atoms. The average Bonchev–Trinajstić information content (AvgIpc) is 2.74. The number of ether oxygens (including phenoxy) is 1.